The first-order valence-corrected chi connectivity index (χ1v) is 7.51. The van der Waals surface area contributed by atoms with Gasteiger partial charge in [-0.05, 0) is 30.2 Å². The lowest BCUT2D eigenvalue weighted by molar-refractivity contribution is -0.138. The predicted molar refractivity (Wildman–Crippen MR) is 82.7 cm³/mol. The van der Waals surface area contributed by atoms with Crippen LogP contribution in [0.25, 0.3) is 0 Å². The molecule has 132 valence electrons. The molecule has 0 bridgehead atoms. The Bertz CT molecular complexity index is 780. The van der Waals surface area contributed by atoms with E-state index in [2.05, 4.69) is 10.2 Å². The summed E-state index contributed by atoms with van der Waals surface area (Å²) in [6.45, 7) is 0.113. The second kappa shape index (κ2) is 6.32. The molecule has 0 aliphatic carbocycles. The minimum atomic E-state index is -4.50. The number of carbonyl (C=O) groups excluding carboxylic acids is 1. The Morgan fingerprint density at radius 3 is 2.52 bits per heavy atom. The second-order valence-corrected chi connectivity index (χ2v) is 5.78. The molecule has 9 heteroatoms. The Labute approximate surface area is 141 Å². The van der Waals surface area contributed by atoms with E-state index >= 15 is 0 Å². The summed E-state index contributed by atoms with van der Waals surface area (Å²) >= 11 is 0. The maximum atomic E-state index is 13.3. The Hall–Kier alpha value is -2.68. The number of hydrogen-bond donors (Lipinski definition) is 2. The summed E-state index contributed by atoms with van der Waals surface area (Å²) < 4.78 is 39.9. The molecule has 2 unspecified atom stereocenters. The van der Waals surface area contributed by atoms with Crippen molar-refractivity contribution in [3.05, 3.63) is 53.2 Å². The van der Waals surface area contributed by atoms with Gasteiger partial charge in [-0.15, -0.1) is 10.2 Å². The van der Waals surface area contributed by atoms with Crippen LogP contribution in [0.2, 0.25) is 0 Å². The smallest absolute Gasteiger partial charge is 0.391 e. The summed E-state index contributed by atoms with van der Waals surface area (Å²) in [5, 5.41) is 17.5. The highest BCUT2D eigenvalue weighted by molar-refractivity contribution is 5.90. The summed E-state index contributed by atoms with van der Waals surface area (Å²) in [7, 11) is 0. The zero-order valence-electron chi connectivity index (χ0n) is 12.9. The summed E-state index contributed by atoms with van der Waals surface area (Å²) in [5.41, 5.74) is 4.37. The number of alkyl halides is 3. The summed E-state index contributed by atoms with van der Waals surface area (Å²) in [6.07, 6.45) is -5.17. The van der Waals surface area contributed by atoms with E-state index in [4.69, 9.17) is 5.73 Å². The highest BCUT2D eigenvalue weighted by atomic mass is 19.4. The van der Waals surface area contributed by atoms with Gasteiger partial charge in [-0.1, -0.05) is 18.2 Å². The zero-order valence-corrected chi connectivity index (χ0v) is 12.9. The lowest BCUT2D eigenvalue weighted by Crippen LogP contribution is -2.27. The van der Waals surface area contributed by atoms with Gasteiger partial charge in [0.15, 0.2) is 11.5 Å². The molecule has 3 rings (SSSR count). The molecule has 1 saturated heterocycles. The highest BCUT2D eigenvalue weighted by Crippen LogP contribution is 2.41. The highest BCUT2D eigenvalue weighted by Gasteiger charge is 2.40. The molecule has 1 aromatic carbocycles. The first-order valence-electron chi connectivity index (χ1n) is 7.51. The third-order valence-corrected chi connectivity index (χ3v) is 4.10. The number of nitrogens with zero attached hydrogens (tertiary/aromatic N) is 3. The number of hydrogen-bond acceptors (Lipinski definition) is 5. The first-order chi connectivity index (χ1) is 11.8. The van der Waals surface area contributed by atoms with Crippen molar-refractivity contribution in [2.45, 2.75) is 24.7 Å². The molecule has 2 heterocycles. The average Bonchev–Trinajstić information content (AvgIpc) is 2.96. The molecule has 1 aromatic heterocycles. The third-order valence-electron chi connectivity index (χ3n) is 4.10. The number of aromatic nitrogens is 2. The van der Waals surface area contributed by atoms with Crippen molar-refractivity contribution < 1.29 is 23.1 Å². The maximum absolute atomic E-state index is 13.3. The second-order valence-electron chi connectivity index (χ2n) is 5.78. The number of primary amides is 1. The largest absolute Gasteiger partial charge is 0.416 e. The minimum Gasteiger partial charge on any atom is -0.391 e. The molecule has 0 spiro atoms. The van der Waals surface area contributed by atoms with E-state index in [1.807, 2.05) is 0 Å². The van der Waals surface area contributed by atoms with Gasteiger partial charge in [-0.3, -0.25) is 4.79 Å². The predicted octanol–water partition coefficient (Wildman–Crippen LogP) is 1.91. The van der Waals surface area contributed by atoms with E-state index in [9.17, 15) is 23.1 Å². The van der Waals surface area contributed by atoms with Crippen LogP contribution in [-0.4, -0.2) is 33.9 Å². The SMILES string of the molecule is NC(=O)c1ccc(N2CC(O)CC2c2ccccc2C(F)(F)F)nn1. The summed E-state index contributed by atoms with van der Waals surface area (Å²) in [5.74, 6) is -0.483. The standard InChI is InChI=1S/C16H15F3N4O2/c17-16(18,19)11-4-2-1-3-10(11)13-7-9(24)8-23(13)14-6-5-12(15(20)25)21-22-14/h1-6,9,13,24H,7-8H2,(H2,20,25). The van der Waals surface area contributed by atoms with E-state index in [0.717, 1.165) is 6.07 Å². The number of aliphatic hydroxyl groups excluding tert-OH is 1. The molecule has 2 atom stereocenters. The summed E-state index contributed by atoms with van der Waals surface area (Å²) in [4.78, 5) is 12.6. The number of amides is 1. The van der Waals surface area contributed by atoms with E-state index < -0.39 is 29.8 Å². The zero-order chi connectivity index (χ0) is 18.2. The van der Waals surface area contributed by atoms with Crippen molar-refractivity contribution >= 4 is 11.7 Å². The van der Waals surface area contributed by atoms with Crippen LogP contribution in [0, 0.1) is 0 Å². The van der Waals surface area contributed by atoms with Crippen LogP contribution in [0.15, 0.2) is 36.4 Å². The van der Waals surface area contributed by atoms with Crippen LogP contribution in [0.1, 0.15) is 34.1 Å². The third kappa shape index (κ3) is 3.41. The fourth-order valence-electron chi connectivity index (χ4n) is 3.02. The number of carbonyl (C=O) groups is 1. The number of nitrogens with two attached hydrogens (primary N) is 1. The van der Waals surface area contributed by atoms with E-state index in [1.165, 1.54) is 30.3 Å². The fourth-order valence-corrected chi connectivity index (χ4v) is 3.02. The van der Waals surface area contributed by atoms with E-state index in [-0.39, 0.29) is 30.0 Å². The quantitative estimate of drug-likeness (QED) is 0.880. The molecule has 0 radical (unpaired) electrons. The van der Waals surface area contributed by atoms with Crippen LogP contribution >= 0.6 is 0 Å². The molecule has 2 aromatic rings. The van der Waals surface area contributed by atoms with Crippen molar-refractivity contribution in [1.82, 2.24) is 10.2 Å². The number of β-amino-alcohol motifs (C(OH)–C–C–N with tert-alkyl or cyclic N) is 1. The first kappa shape index (κ1) is 17.2. The molecule has 1 aliphatic rings. The minimum absolute atomic E-state index is 0.0456. The van der Waals surface area contributed by atoms with E-state index in [0.29, 0.717) is 0 Å². The Morgan fingerprint density at radius 1 is 1.20 bits per heavy atom. The topological polar surface area (TPSA) is 92.3 Å². The van der Waals surface area contributed by atoms with Crippen LogP contribution in [0.3, 0.4) is 0 Å². The van der Waals surface area contributed by atoms with Gasteiger partial charge < -0.3 is 15.7 Å². The Kier molecular flexibility index (Phi) is 4.34. The van der Waals surface area contributed by atoms with E-state index in [1.54, 1.807) is 4.90 Å². The van der Waals surface area contributed by atoms with Gasteiger partial charge in [0, 0.05) is 6.54 Å². The Morgan fingerprint density at radius 2 is 1.92 bits per heavy atom. The number of halogens is 3. The van der Waals surface area contributed by atoms with Gasteiger partial charge in [0.25, 0.3) is 5.91 Å². The maximum Gasteiger partial charge on any atom is 0.416 e. The molecule has 0 saturated carbocycles. The van der Waals surface area contributed by atoms with Crippen LogP contribution in [0.4, 0.5) is 19.0 Å². The van der Waals surface area contributed by atoms with Gasteiger partial charge in [0.05, 0.1) is 17.7 Å². The average molecular weight is 352 g/mol. The van der Waals surface area contributed by atoms with Crippen molar-refractivity contribution in [2.75, 3.05) is 11.4 Å². The molecule has 1 fully saturated rings. The van der Waals surface area contributed by atoms with Crippen LogP contribution < -0.4 is 10.6 Å². The number of aliphatic hydroxyl groups is 1. The van der Waals surface area contributed by atoms with Crippen molar-refractivity contribution in [2.24, 2.45) is 5.73 Å². The van der Waals surface area contributed by atoms with Crippen LogP contribution in [-0.2, 0) is 6.18 Å². The lowest BCUT2D eigenvalue weighted by atomic mass is 9.97. The van der Waals surface area contributed by atoms with Gasteiger partial charge in [-0.25, -0.2) is 0 Å². The Balaban J connectivity index is 2.00. The molecule has 3 N–H and O–H groups in total. The molecule has 25 heavy (non-hydrogen) atoms. The molecular weight excluding hydrogens is 337 g/mol. The number of anilines is 1. The lowest BCUT2D eigenvalue weighted by Gasteiger charge is -2.27. The van der Waals surface area contributed by atoms with Gasteiger partial charge >= 0.3 is 6.18 Å². The van der Waals surface area contributed by atoms with Crippen LogP contribution in [0.5, 0.6) is 0 Å². The molecule has 1 aliphatic heterocycles. The van der Waals surface area contributed by atoms with Crippen molar-refractivity contribution in [1.29, 1.82) is 0 Å². The fraction of sp³-hybridized carbons (Fsp3) is 0.312. The van der Waals surface area contributed by atoms with Gasteiger partial charge in [0.1, 0.15) is 0 Å². The van der Waals surface area contributed by atoms with Gasteiger partial charge in [0.2, 0.25) is 0 Å². The number of benzene rings is 1. The molecule has 1 amide bonds. The molecule has 6 nitrogen and oxygen atoms in total. The molecular formula is C16H15F3N4O2. The monoisotopic (exact) mass is 352 g/mol. The van der Waals surface area contributed by atoms with Crippen molar-refractivity contribution in [3.8, 4) is 0 Å². The number of rotatable bonds is 3. The van der Waals surface area contributed by atoms with Crippen molar-refractivity contribution in [3.63, 3.8) is 0 Å². The summed E-state index contributed by atoms with van der Waals surface area (Å²) in [6, 6.07) is 7.35. The van der Waals surface area contributed by atoms with Gasteiger partial charge in [-0.2, -0.15) is 13.2 Å². The normalized spacial score (nSPS) is 20.7.